The Morgan fingerprint density at radius 3 is 2.32 bits per heavy atom. The number of epoxide rings is 1. The lowest BCUT2D eigenvalue weighted by molar-refractivity contribution is -0.162. The van der Waals surface area contributed by atoms with Crippen molar-refractivity contribution >= 4 is 70.5 Å². The SMILES string of the molecule is CCCC(CCC)C/C1=C\C=C\[C@@H](OC)[C@@]2(O)C[C@H](OC(=O)N2)[C@@H](C)[C@@H]2O[C@@]2(C)[C@@H](OC(=O)[C@H](C)N(C)C(=O)CCSC2CC(=O)N(CC3CCC(C(=O)C(C)(CC)CC(C)CC)CC3)C2=O)CC(=O)N(C)c2cc(cc(OC)c2Cl)C1. The number of anilines is 1. The van der Waals surface area contributed by atoms with Gasteiger partial charge in [0.15, 0.2) is 5.72 Å². The number of amides is 5. The van der Waals surface area contributed by atoms with Gasteiger partial charge in [-0.05, 0) is 101 Å². The van der Waals surface area contributed by atoms with Crippen LogP contribution < -0.4 is 15.0 Å². The van der Waals surface area contributed by atoms with E-state index in [4.69, 9.17) is 35.3 Å². The number of likely N-dealkylation sites (N-methyl/N-ethyl adjacent to an activating group) is 1. The van der Waals surface area contributed by atoms with Crippen molar-refractivity contribution in [2.45, 2.75) is 219 Å². The van der Waals surface area contributed by atoms with E-state index in [9.17, 15) is 38.7 Å². The Morgan fingerprint density at radius 1 is 1.01 bits per heavy atom. The quantitative estimate of drug-likeness (QED) is 0.0593. The smallest absolute Gasteiger partial charge is 0.409 e. The van der Waals surface area contributed by atoms with E-state index >= 15 is 0 Å². The van der Waals surface area contributed by atoms with Crippen molar-refractivity contribution in [3.63, 3.8) is 0 Å². The van der Waals surface area contributed by atoms with E-state index in [1.54, 1.807) is 27.0 Å². The van der Waals surface area contributed by atoms with Crippen LogP contribution >= 0.6 is 23.4 Å². The molecule has 2 N–H and O–H groups in total. The Labute approximate surface area is 497 Å². The van der Waals surface area contributed by atoms with Crippen molar-refractivity contribution < 1.29 is 62.4 Å². The van der Waals surface area contributed by atoms with Gasteiger partial charge >= 0.3 is 12.1 Å². The van der Waals surface area contributed by atoms with Gasteiger partial charge in [0, 0.05) is 70.0 Å². The van der Waals surface area contributed by atoms with Crippen LogP contribution in [0.25, 0.3) is 0 Å². The number of carbonyl (C=O) groups is 7. The molecule has 1 aromatic carbocycles. The van der Waals surface area contributed by atoms with Crippen LogP contribution in [0.2, 0.25) is 5.02 Å². The highest BCUT2D eigenvalue weighted by molar-refractivity contribution is 8.00. The number of likely N-dealkylation sites (tertiary alicyclic amines) is 1. The molecule has 0 radical (unpaired) electrons. The average Bonchev–Trinajstić information content (AvgIpc) is 2.15. The summed E-state index contributed by atoms with van der Waals surface area (Å²) >= 11 is 8.25. The van der Waals surface area contributed by atoms with Crippen LogP contribution in [-0.2, 0) is 54.1 Å². The minimum absolute atomic E-state index is 0.00192. The van der Waals surface area contributed by atoms with Crippen molar-refractivity contribution in [1.82, 2.24) is 15.1 Å². The largest absolute Gasteiger partial charge is 0.495 e. The molecule has 11 atom stereocenters. The summed E-state index contributed by atoms with van der Waals surface area (Å²) < 4.78 is 30.1. The molecule has 4 aliphatic heterocycles. The van der Waals surface area contributed by atoms with Crippen LogP contribution in [0.3, 0.4) is 0 Å². The van der Waals surface area contributed by atoms with Gasteiger partial charge < -0.3 is 38.6 Å². The maximum absolute atomic E-state index is 14.7. The van der Waals surface area contributed by atoms with E-state index in [0.717, 1.165) is 88.2 Å². The van der Waals surface area contributed by atoms with E-state index in [0.29, 0.717) is 42.0 Å². The first-order valence-corrected chi connectivity index (χ1v) is 31.6. The number of ether oxygens (including phenoxy) is 5. The number of aliphatic hydroxyl groups is 1. The fourth-order valence-corrected chi connectivity index (χ4v) is 14.4. The molecule has 5 amide bonds. The first kappa shape index (κ1) is 66.6. The molecule has 3 saturated heterocycles. The van der Waals surface area contributed by atoms with Crippen molar-refractivity contribution in [3.05, 3.63) is 46.5 Å². The summed E-state index contributed by atoms with van der Waals surface area (Å²) in [6, 6.07) is 2.58. The molecule has 3 unspecified atom stereocenters. The molecule has 1 aromatic rings. The predicted molar refractivity (Wildman–Crippen MR) is 318 cm³/mol. The van der Waals surface area contributed by atoms with Crippen molar-refractivity contribution in [2.75, 3.05) is 45.5 Å². The molecule has 4 heterocycles. The fourth-order valence-electron chi connectivity index (χ4n) is 12.9. The van der Waals surface area contributed by atoms with Gasteiger partial charge in [-0.25, -0.2) is 9.59 Å². The van der Waals surface area contributed by atoms with Crippen LogP contribution in [0.5, 0.6) is 5.75 Å². The lowest BCUT2D eigenvalue weighted by Gasteiger charge is -2.42. The van der Waals surface area contributed by atoms with Gasteiger partial charge in [0.05, 0.1) is 30.6 Å². The Balaban J connectivity index is 1.15. The Kier molecular flexibility index (Phi) is 23.6. The van der Waals surface area contributed by atoms with Crippen LogP contribution in [-0.4, -0.2) is 144 Å². The maximum Gasteiger partial charge on any atom is 0.409 e. The molecule has 4 bridgehead atoms. The second-order valence-corrected chi connectivity index (χ2v) is 26.4. The van der Waals surface area contributed by atoms with E-state index in [-0.39, 0.29) is 65.5 Å². The van der Waals surface area contributed by atoms with Gasteiger partial charge in [0.25, 0.3) is 0 Å². The topological polar surface area (TPSA) is 211 Å². The number of thioether (sulfide) groups is 1. The van der Waals surface area contributed by atoms with E-state index in [2.05, 4.69) is 46.9 Å². The summed E-state index contributed by atoms with van der Waals surface area (Å²) in [5.74, 6) is -0.809. The third-order valence-electron chi connectivity index (χ3n) is 18.7. The summed E-state index contributed by atoms with van der Waals surface area (Å²) in [7, 11) is 6.04. The minimum atomic E-state index is -1.89. The number of hydrogen-bond acceptors (Lipinski definition) is 14. The van der Waals surface area contributed by atoms with E-state index in [1.165, 1.54) is 54.7 Å². The first-order valence-electron chi connectivity index (χ1n) is 30.2. The number of allylic oxidation sites excluding steroid dienone is 3. The average molecular weight is 1180 g/mol. The molecule has 0 aromatic heterocycles. The summed E-state index contributed by atoms with van der Waals surface area (Å²) in [4.78, 5) is 101. The first-order chi connectivity index (χ1) is 38.8. The van der Waals surface area contributed by atoms with Crippen LogP contribution in [0.15, 0.2) is 35.9 Å². The molecule has 0 spiro atoms. The van der Waals surface area contributed by atoms with Gasteiger partial charge in [-0.2, -0.15) is 0 Å². The number of carbonyl (C=O) groups excluding carboxylic acids is 7. The number of ketones is 1. The van der Waals surface area contributed by atoms with E-state index in [1.807, 2.05) is 24.3 Å². The van der Waals surface area contributed by atoms with Gasteiger partial charge in [0.1, 0.15) is 46.5 Å². The van der Waals surface area contributed by atoms with Crippen molar-refractivity contribution in [1.29, 1.82) is 0 Å². The Bertz CT molecular complexity index is 2510. The molecule has 17 nitrogen and oxygen atoms in total. The molecule has 82 heavy (non-hydrogen) atoms. The highest BCUT2D eigenvalue weighted by Crippen LogP contribution is 2.50. The van der Waals surface area contributed by atoms with Crippen LogP contribution in [0.4, 0.5) is 10.5 Å². The van der Waals surface area contributed by atoms with Gasteiger partial charge in [-0.3, -0.25) is 34.2 Å². The third kappa shape index (κ3) is 15.9. The normalized spacial score (nSPS) is 30.5. The molecule has 458 valence electrons. The number of alkyl carbamates (subject to hydrolysis) is 1. The van der Waals surface area contributed by atoms with Crippen molar-refractivity contribution in [3.8, 4) is 5.75 Å². The van der Waals surface area contributed by atoms with Crippen molar-refractivity contribution in [2.24, 2.45) is 35.0 Å². The number of Topliss-reactive ketones (excluding diaryl/α,β-unsaturated/α-hetero) is 1. The molecule has 6 rings (SSSR count). The number of methoxy groups -OCH3 is 2. The molecule has 1 aliphatic carbocycles. The molecule has 4 fully saturated rings. The molecular weight excluding hydrogens is 1090 g/mol. The molecule has 19 heteroatoms. The predicted octanol–water partition coefficient (Wildman–Crippen LogP) is 10.6. The summed E-state index contributed by atoms with van der Waals surface area (Å²) in [6.45, 7) is 18.3. The number of nitrogens with one attached hydrogen (secondary N) is 1. The lowest BCUT2D eigenvalue weighted by Crippen LogP contribution is -2.63. The second-order valence-electron chi connectivity index (χ2n) is 24.7. The zero-order chi connectivity index (χ0) is 60.4. The second kappa shape index (κ2) is 29.1. The lowest BCUT2D eigenvalue weighted by atomic mass is 9.67. The number of nitrogens with zero attached hydrogens (tertiary/aromatic N) is 3. The highest BCUT2D eigenvalue weighted by Gasteiger charge is 2.64. The summed E-state index contributed by atoms with van der Waals surface area (Å²) in [5, 5.41) is 14.3. The van der Waals surface area contributed by atoms with Gasteiger partial charge in [-0.1, -0.05) is 116 Å². The number of esters is 1. The standard InChI is InChI=1S/C63H95ClN4O13S/c1-14-19-41(20-15-2)29-43-21-18-22-50(78-13)63(76)36-48(79-60(75)65-63)39(6)57-62(9,81-57)51(34-53(70)67(11)46-31-44(30-43)32-47(77-12)55(46)64)80-59(74)40(7)66(10)52(69)27-28-82-49-33-54(71)68(58(49)73)37-42-23-25-45(26-24-42)56(72)61(8,17-4)35-38(5)16-3/h18,21-22,31-32,38-42,45,48-51,57,76H,14-17,19-20,23-30,33-37H2,1-13H3,(H,65,75)/b22-18+,43-21+/t38?,39-,40+,42?,45?,48+,49?,50-,51+,57+,61?,62+,63+/m1/s1. The summed E-state index contributed by atoms with van der Waals surface area (Å²) in [5.41, 5.74) is -1.25. The monoisotopic (exact) mass is 1180 g/mol. The summed E-state index contributed by atoms with van der Waals surface area (Å²) in [6.07, 6.45) is 11.6. The number of imide groups is 1. The number of fused-ring (bicyclic) bond motifs is 5. The maximum atomic E-state index is 14.7. The Morgan fingerprint density at radius 2 is 1.70 bits per heavy atom. The Hall–Kier alpha value is -4.49. The van der Waals surface area contributed by atoms with Crippen LogP contribution in [0, 0.1) is 35.0 Å². The third-order valence-corrected chi connectivity index (χ3v) is 20.3. The minimum Gasteiger partial charge on any atom is -0.495 e. The van der Waals surface area contributed by atoms with Gasteiger partial charge in [-0.15, -0.1) is 11.8 Å². The zero-order valence-electron chi connectivity index (χ0n) is 51.1. The number of hydrogen-bond donors (Lipinski definition) is 2. The highest BCUT2D eigenvalue weighted by atomic mass is 35.5. The van der Waals surface area contributed by atoms with Gasteiger partial charge in [0.2, 0.25) is 23.6 Å². The van der Waals surface area contributed by atoms with E-state index < -0.39 is 76.8 Å². The van der Waals surface area contributed by atoms with Crippen LogP contribution in [0.1, 0.15) is 171 Å². The number of benzene rings is 1. The number of rotatable bonds is 23. The number of halogens is 1. The molecule has 5 aliphatic rings. The fraction of sp³-hybridized carbons (Fsp3) is 0.730. The zero-order valence-corrected chi connectivity index (χ0v) is 52.7. The molecular formula is C63H95ClN4O13S. The molecule has 1 saturated carbocycles.